The molecule has 1 aliphatic rings. The van der Waals surface area contributed by atoms with Crippen LogP contribution in [0.4, 0.5) is 0 Å². The quantitative estimate of drug-likeness (QED) is 0.401. The molecule has 0 amide bonds. The van der Waals surface area contributed by atoms with Crippen molar-refractivity contribution < 1.29 is 26.1 Å². The molecule has 1 saturated heterocycles. The Hall–Kier alpha value is -1.00. The highest BCUT2D eigenvalue weighted by atomic mass is 32.2. The first kappa shape index (κ1) is 18.3. The van der Waals surface area contributed by atoms with Crippen molar-refractivity contribution in [2.45, 2.75) is 18.2 Å². The van der Waals surface area contributed by atoms with Gasteiger partial charge in [0.05, 0.1) is 23.0 Å². The summed E-state index contributed by atoms with van der Waals surface area (Å²) in [7, 11) is -6.79. The van der Waals surface area contributed by atoms with Crippen LogP contribution in [0.5, 0.6) is 0 Å². The van der Waals surface area contributed by atoms with Crippen molar-refractivity contribution in [1.82, 2.24) is 4.90 Å². The number of nitrogens with zero attached hydrogens (tertiary/aromatic N) is 1. The van der Waals surface area contributed by atoms with Crippen molar-refractivity contribution in [2.24, 2.45) is 0 Å². The lowest BCUT2D eigenvalue weighted by Gasteiger charge is -2.26. The molecule has 0 unspecified atom stereocenters. The molecule has 0 atom stereocenters. The van der Waals surface area contributed by atoms with Crippen LogP contribution in [0.25, 0.3) is 0 Å². The maximum atomic E-state index is 11.9. The van der Waals surface area contributed by atoms with Crippen LogP contribution in [0, 0.1) is 6.92 Å². The molecule has 0 saturated carbocycles. The van der Waals surface area contributed by atoms with E-state index in [2.05, 4.69) is 4.33 Å². The number of hydrogen-bond donors (Lipinski definition) is 0. The average molecular weight is 363 g/mol. The van der Waals surface area contributed by atoms with Crippen molar-refractivity contribution in [1.29, 1.82) is 0 Å². The average Bonchev–Trinajstić information content (AvgIpc) is 2.49. The number of sulfone groups is 1. The van der Waals surface area contributed by atoms with Gasteiger partial charge in [-0.25, -0.2) is 13.3 Å². The first-order valence-corrected chi connectivity index (χ1v) is 10.6. The minimum atomic E-state index is -3.91. The molecule has 0 aromatic heterocycles. The van der Waals surface area contributed by atoms with Gasteiger partial charge in [0.25, 0.3) is 0 Å². The molecule has 0 bridgehead atoms. The molecule has 1 heterocycles. The van der Waals surface area contributed by atoms with Crippen LogP contribution < -0.4 is 0 Å². The maximum absolute atomic E-state index is 11.9. The smallest absolute Gasteiger partial charge is 0.301 e. The van der Waals surface area contributed by atoms with Gasteiger partial charge in [0.1, 0.15) is 0 Å². The van der Waals surface area contributed by atoms with Crippen molar-refractivity contribution in [3.63, 3.8) is 0 Å². The van der Waals surface area contributed by atoms with E-state index < -0.39 is 20.0 Å². The molecule has 1 aromatic rings. The lowest BCUT2D eigenvalue weighted by atomic mass is 10.2. The summed E-state index contributed by atoms with van der Waals surface area (Å²) < 4.78 is 50.8. The molecule has 0 spiro atoms. The van der Waals surface area contributed by atoms with E-state index in [0.717, 1.165) is 5.56 Å². The normalized spacial score (nSPS) is 18.8. The van der Waals surface area contributed by atoms with E-state index in [1.165, 1.54) is 12.1 Å². The van der Waals surface area contributed by atoms with Crippen molar-refractivity contribution in [3.05, 3.63) is 29.8 Å². The Morgan fingerprint density at radius 2 is 1.74 bits per heavy atom. The third kappa shape index (κ3) is 5.85. The number of benzene rings is 1. The van der Waals surface area contributed by atoms with Crippen LogP contribution in [0.3, 0.4) is 0 Å². The minimum Gasteiger partial charge on any atom is -0.301 e. The predicted octanol–water partition coefficient (Wildman–Crippen LogP) is 0.752. The summed E-state index contributed by atoms with van der Waals surface area (Å²) in [6.45, 7) is 3.63. The molecule has 0 radical (unpaired) electrons. The fraction of sp³-hybridized carbons (Fsp3) is 0.571. The number of rotatable bonds is 7. The largest absolute Gasteiger partial charge is 0.323 e. The zero-order chi connectivity index (χ0) is 16.9. The fourth-order valence-corrected chi connectivity index (χ4v) is 4.18. The summed E-state index contributed by atoms with van der Waals surface area (Å²) in [5.74, 6) is 0.346. The Bertz CT molecular complexity index is 698. The van der Waals surface area contributed by atoms with Gasteiger partial charge in [-0.2, -0.15) is 8.42 Å². The SMILES string of the molecule is Cc1ccc(S(=O)(=O)OOCCCN2CCS(=O)(=O)CC2)cc1. The first-order chi connectivity index (χ1) is 10.8. The third-order valence-corrected chi connectivity index (χ3v) is 6.32. The second kappa shape index (κ2) is 7.71. The van der Waals surface area contributed by atoms with E-state index >= 15 is 0 Å². The fourth-order valence-electron chi connectivity index (χ4n) is 2.16. The summed E-state index contributed by atoms with van der Waals surface area (Å²) in [5, 5.41) is 0. The number of hydrogen-bond acceptors (Lipinski definition) is 7. The summed E-state index contributed by atoms with van der Waals surface area (Å²) in [5.41, 5.74) is 0.952. The first-order valence-electron chi connectivity index (χ1n) is 7.34. The molecule has 1 fully saturated rings. The summed E-state index contributed by atoms with van der Waals surface area (Å²) >= 11 is 0. The molecule has 0 N–H and O–H groups in total. The molecule has 0 aliphatic carbocycles. The van der Waals surface area contributed by atoms with Gasteiger partial charge in [0.2, 0.25) is 0 Å². The molecule has 1 aromatic carbocycles. The summed E-state index contributed by atoms with van der Waals surface area (Å²) in [6, 6.07) is 6.28. The van der Waals surface area contributed by atoms with Crippen LogP contribution in [0.1, 0.15) is 12.0 Å². The Morgan fingerprint density at radius 3 is 2.35 bits per heavy atom. The molecule has 1 aliphatic heterocycles. The molecule has 7 nitrogen and oxygen atoms in total. The molecule has 130 valence electrons. The summed E-state index contributed by atoms with van der Waals surface area (Å²) in [6.07, 6.45) is 0.559. The van der Waals surface area contributed by atoms with Gasteiger partial charge in [0.15, 0.2) is 9.84 Å². The highest BCUT2D eigenvalue weighted by Gasteiger charge is 2.21. The van der Waals surface area contributed by atoms with E-state index in [1.54, 1.807) is 12.1 Å². The van der Waals surface area contributed by atoms with E-state index in [4.69, 9.17) is 4.89 Å². The Labute approximate surface area is 137 Å². The van der Waals surface area contributed by atoms with E-state index in [0.29, 0.717) is 26.1 Å². The topological polar surface area (TPSA) is 90.0 Å². The van der Waals surface area contributed by atoms with Crippen LogP contribution in [-0.2, 0) is 29.2 Å². The van der Waals surface area contributed by atoms with Gasteiger partial charge in [-0.15, -0.1) is 4.33 Å². The van der Waals surface area contributed by atoms with Crippen molar-refractivity contribution >= 4 is 20.0 Å². The van der Waals surface area contributed by atoms with Gasteiger partial charge < -0.3 is 4.90 Å². The van der Waals surface area contributed by atoms with Crippen LogP contribution in [0.15, 0.2) is 29.2 Å². The van der Waals surface area contributed by atoms with E-state index in [-0.39, 0.29) is 23.0 Å². The van der Waals surface area contributed by atoms with Crippen molar-refractivity contribution in [2.75, 3.05) is 37.7 Å². The van der Waals surface area contributed by atoms with Crippen LogP contribution in [0.2, 0.25) is 0 Å². The number of aryl methyl sites for hydroxylation is 1. The zero-order valence-corrected chi connectivity index (χ0v) is 14.6. The lowest BCUT2D eigenvalue weighted by Crippen LogP contribution is -2.40. The highest BCUT2D eigenvalue weighted by Crippen LogP contribution is 2.13. The zero-order valence-electron chi connectivity index (χ0n) is 13.0. The Kier molecular flexibility index (Phi) is 6.15. The van der Waals surface area contributed by atoms with Gasteiger partial charge in [-0.05, 0) is 25.5 Å². The van der Waals surface area contributed by atoms with Crippen LogP contribution >= 0.6 is 0 Å². The second-order valence-electron chi connectivity index (χ2n) is 5.50. The minimum absolute atomic E-state index is 0.0457. The standard InChI is InChI=1S/C14H21NO6S2/c1-13-3-5-14(6-4-13)23(18,19)21-20-10-2-7-15-8-11-22(16,17)12-9-15/h3-6H,2,7-12H2,1H3. The monoisotopic (exact) mass is 363 g/mol. The second-order valence-corrected chi connectivity index (χ2v) is 9.32. The molecular formula is C14H21NO6S2. The maximum Gasteiger partial charge on any atom is 0.323 e. The highest BCUT2D eigenvalue weighted by molar-refractivity contribution is 7.91. The Morgan fingerprint density at radius 1 is 1.13 bits per heavy atom. The Balaban J connectivity index is 1.68. The third-order valence-electron chi connectivity index (χ3n) is 3.59. The van der Waals surface area contributed by atoms with Gasteiger partial charge in [-0.1, -0.05) is 17.7 Å². The van der Waals surface area contributed by atoms with Crippen molar-refractivity contribution in [3.8, 4) is 0 Å². The van der Waals surface area contributed by atoms with E-state index in [1.807, 2.05) is 11.8 Å². The van der Waals surface area contributed by atoms with Crippen LogP contribution in [-0.4, -0.2) is 59.5 Å². The predicted molar refractivity (Wildman–Crippen MR) is 85.1 cm³/mol. The van der Waals surface area contributed by atoms with Gasteiger partial charge >= 0.3 is 10.1 Å². The molecular weight excluding hydrogens is 342 g/mol. The lowest BCUT2D eigenvalue weighted by molar-refractivity contribution is -0.202. The summed E-state index contributed by atoms with van der Waals surface area (Å²) in [4.78, 5) is 6.84. The van der Waals surface area contributed by atoms with Gasteiger partial charge in [0, 0.05) is 19.6 Å². The molecule has 9 heteroatoms. The molecule has 23 heavy (non-hydrogen) atoms. The van der Waals surface area contributed by atoms with Gasteiger partial charge in [-0.3, -0.25) is 0 Å². The van der Waals surface area contributed by atoms with E-state index in [9.17, 15) is 16.8 Å². The molecule has 2 rings (SSSR count).